The van der Waals surface area contributed by atoms with E-state index >= 15 is 0 Å². The molecule has 2 aliphatic heterocycles. The van der Waals surface area contributed by atoms with Crippen LogP contribution in [-0.4, -0.2) is 44.4 Å². The number of halogens is 2. The molecule has 3 amide bonds. The normalized spacial score (nSPS) is 22.6. The molecule has 1 aromatic carbocycles. The predicted molar refractivity (Wildman–Crippen MR) is 97.0 cm³/mol. The van der Waals surface area contributed by atoms with Crippen LogP contribution in [0.1, 0.15) is 20.3 Å². The lowest BCUT2D eigenvalue weighted by Gasteiger charge is -2.45. The van der Waals surface area contributed by atoms with Crippen molar-refractivity contribution in [3.8, 4) is 0 Å². The topological polar surface area (TPSA) is 81.8 Å². The van der Waals surface area contributed by atoms with E-state index in [4.69, 9.17) is 35.4 Å². The van der Waals surface area contributed by atoms with Crippen molar-refractivity contribution in [2.45, 2.75) is 31.8 Å². The first-order valence-electron chi connectivity index (χ1n) is 7.37. The van der Waals surface area contributed by atoms with E-state index in [2.05, 4.69) is 10.6 Å². The Morgan fingerprint density at radius 1 is 1.36 bits per heavy atom. The summed E-state index contributed by atoms with van der Waals surface area (Å²) in [5.74, 6) is -1.23. The molecule has 0 bridgehead atoms. The van der Waals surface area contributed by atoms with E-state index in [1.807, 2.05) is 0 Å². The number of fused-ring (bicyclic) bond motifs is 1. The van der Waals surface area contributed by atoms with E-state index in [0.717, 1.165) is 0 Å². The molecule has 0 radical (unpaired) electrons. The minimum absolute atomic E-state index is 0.0367. The molecule has 132 valence electrons. The number of benzene rings is 1. The summed E-state index contributed by atoms with van der Waals surface area (Å²) in [4.78, 5) is 37.3. The minimum atomic E-state index is -1.13. The highest BCUT2D eigenvalue weighted by Crippen LogP contribution is 2.34. The average Bonchev–Trinajstić information content (AvgIpc) is 2.89. The lowest BCUT2D eigenvalue weighted by atomic mass is 10.00. The largest absolute Gasteiger partial charge is 0.323 e. The first-order valence-corrected chi connectivity index (χ1v) is 8.53. The Morgan fingerprint density at radius 2 is 2.04 bits per heavy atom. The van der Waals surface area contributed by atoms with Crippen LogP contribution in [0.25, 0.3) is 0 Å². The van der Waals surface area contributed by atoms with Crippen molar-refractivity contribution in [1.29, 1.82) is 0 Å². The second-order valence-corrected chi connectivity index (χ2v) is 7.35. The average molecular weight is 401 g/mol. The predicted octanol–water partition coefficient (Wildman–Crippen LogP) is 1.94. The van der Waals surface area contributed by atoms with Crippen molar-refractivity contribution in [2.24, 2.45) is 0 Å². The van der Waals surface area contributed by atoms with Crippen LogP contribution in [-0.2, 0) is 14.4 Å². The molecule has 1 aromatic rings. The molecule has 2 saturated heterocycles. The van der Waals surface area contributed by atoms with Crippen molar-refractivity contribution in [3.05, 3.63) is 28.2 Å². The van der Waals surface area contributed by atoms with Gasteiger partial charge in [-0.2, -0.15) is 5.01 Å². The lowest BCUT2D eigenvalue weighted by Crippen LogP contribution is -2.71. The van der Waals surface area contributed by atoms with Crippen LogP contribution in [0.3, 0.4) is 0 Å². The highest BCUT2D eigenvalue weighted by molar-refractivity contribution is 7.80. The van der Waals surface area contributed by atoms with E-state index in [1.165, 1.54) is 10.0 Å². The van der Waals surface area contributed by atoms with Gasteiger partial charge in [-0.1, -0.05) is 29.3 Å². The van der Waals surface area contributed by atoms with Crippen LogP contribution in [0.2, 0.25) is 10.0 Å². The van der Waals surface area contributed by atoms with Gasteiger partial charge in [0.05, 0.1) is 22.2 Å². The van der Waals surface area contributed by atoms with Crippen molar-refractivity contribution in [1.82, 2.24) is 15.3 Å². The summed E-state index contributed by atoms with van der Waals surface area (Å²) < 4.78 is 0. The molecule has 0 aromatic heterocycles. The van der Waals surface area contributed by atoms with E-state index in [-0.39, 0.29) is 28.4 Å². The molecule has 0 spiro atoms. The van der Waals surface area contributed by atoms with Gasteiger partial charge in [-0.05, 0) is 38.2 Å². The molecular weight excluding hydrogens is 387 g/mol. The number of rotatable bonds is 2. The lowest BCUT2D eigenvalue weighted by molar-refractivity contribution is -0.154. The van der Waals surface area contributed by atoms with Gasteiger partial charge in [0.25, 0.3) is 0 Å². The number of anilines is 1. The van der Waals surface area contributed by atoms with E-state index in [0.29, 0.717) is 10.7 Å². The molecule has 2 aliphatic rings. The first kappa shape index (κ1) is 18.1. The van der Waals surface area contributed by atoms with Gasteiger partial charge in [-0.15, -0.1) is 0 Å². The Bertz CT molecular complexity index is 814. The Hall–Kier alpha value is -1.74. The zero-order valence-electron chi connectivity index (χ0n) is 13.3. The van der Waals surface area contributed by atoms with Gasteiger partial charge < -0.3 is 5.32 Å². The zero-order valence-corrected chi connectivity index (χ0v) is 15.6. The summed E-state index contributed by atoms with van der Waals surface area (Å²) in [6.07, 6.45) is -0.109. The summed E-state index contributed by atoms with van der Waals surface area (Å²) in [6.45, 7) is 3.23. The highest BCUT2D eigenvalue weighted by atomic mass is 35.5. The SMILES string of the molecule is CC1(C)C(=O)NC(=S)N2C(=O)CC(C(=O)Nc3cccc(Cl)c3Cl)N21. The van der Waals surface area contributed by atoms with Crippen LogP contribution in [0, 0.1) is 0 Å². The van der Waals surface area contributed by atoms with Crippen LogP contribution in [0.5, 0.6) is 0 Å². The molecule has 0 aliphatic carbocycles. The molecule has 1 unspecified atom stereocenters. The second-order valence-electron chi connectivity index (χ2n) is 6.18. The third-order valence-corrected chi connectivity index (χ3v) is 5.26. The number of carbonyl (C=O) groups excluding carboxylic acids is 3. The van der Waals surface area contributed by atoms with Gasteiger partial charge in [-0.3, -0.25) is 19.7 Å². The van der Waals surface area contributed by atoms with Crippen LogP contribution in [0.4, 0.5) is 5.69 Å². The molecule has 3 rings (SSSR count). The van der Waals surface area contributed by atoms with Crippen LogP contribution < -0.4 is 10.6 Å². The molecule has 10 heteroatoms. The fraction of sp³-hybridized carbons (Fsp3) is 0.333. The van der Waals surface area contributed by atoms with Gasteiger partial charge in [-0.25, -0.2) is 5.01 Å². The number of carbonyl (C=O) groups is 3. The Morgan fingerprint density at radius 3 is 2.72 bits per heavy atom. The summed E-state index contributed by atoms with van der Waals surface area (Å²) in [5, 5.41) is 8.18. The van der Waals surface area contributed by atoms with Gasteiger partial charge in [0, 0.05) is 0 Å². The van der Waals surface area contributed by atoms with Gasteiger partial charge in [0.1, 0.15) is 11.6 Å². The first-order chi connectivity index (χ1) is 11.6. The van der Waals surface area contributed by atoms with Crippen LogP contribution >= 0.6 is 35.4 Å². The van der Waals surface area contributed by atoms with Crippen LogP contribution in [0.15, 0.2) is 18.2 Å². The maximum atomic E-state index is 12.8. The van der Waals surface area contributed by atoms with Crippen molar-refractivity contribution in [3.63, 3.8) is 0 Å². The quantitative estimate of drug-likeness (QED) is 0.741. The maximum Gasteiger partial charge on any atom is 0.248 e. The number of amides is 3. The second kappa shape index (κ2) is 6.21. The summed E-state index contributed by atoms with van der Waals surface area (Å²) in [5.41, 5.74) is -0.805. The number of hydrazine groups is 1. The van der Waals surface area contributed by atoms with Crippen molar-refractivity contribution >= 4 is 63.9 Å². The molecule has 0 saturated carbocycles. The summed E-state index contributed by atoms with van der Waals surface area (Å²) in [7, 11) is 0. The van der Waals surface area contributed by atoms with Crippen molar-refractivity contribution < 1.29 is 14.4 Å². The molecule has 2 N–H and O–H groups in total. The molecular formula is C15H14Cl2N4O3S. The molecule has 2 heterocycles. The zero-order chi connectivity index (χ0) is 18.5. The molecule has 7 nitrogen and oxygen atoms in total. The number of hydrogen-bond donors (Lipinski definition) is 2. The molecule has 1 atom stereocenters. The summed E-state index contributed by atoms with van der Waals surface area (Å²) >= 11 is 17.1. The monoisotopic (exact) mass is 400 g/mol. The van der Waals surface area contributed by atoms with Gasteiger partial charge in [0.2, 0.25) is 17.7 Å². The number of nitrogens with zero attached hydrogens (tertiary/aromatic N) is 2. The van der Waals surface area contributed by atoms with E-state index in [1.54, 1.807) is 32.0 Å². The highest BCUT2D eigenvalue weighted by Gasteiger charge is 2.56. The third kappa shape index (κ3) is 2.89. The smallest absolute Gasteiger partial charge is 0.248 e. The minimum Gasteiger partial charge on any atom is -0.323 e. The van der Waals surface area contributed by atoms with E-state index < -0.39 is 17.5 Å². The summed E-state index contributed by atoms with van der Waals surface area (Å²) in [6, 6.07) is 3.93. The Labute approximate surface area is 159 Å². The van der Waals surface area contributed by atoms with Gasteiger partial charge in [0.15, 0.2) is 5.11 Å². The number of nitrogens with one attached hydrogen (secondary N) is 2. The fourth-order valence-electron chi connectivity index (χ4n) is 2.88. The molecule has 2 fully saturated rings. The van der Waals surface area contributed by atoms with E-state index in [9.17, 15) is 14.4 Å². The number of thiocarbonyl (C=S) groups is 1. The Kier molecular flexibility index (Phi) is 4.48. The maximum absolute atomic E-state index is 12.8. The standard InChI is InChI=1S/C15H14Cl2N4O3S/c1-15(2)13(24)19-14(25)20-10(22)6-9(21(15)20)12(23)18-8-5-3-4-7(16)11(8)17/h3-5,9H,6H2,1-2H3,(H,18,23)(H,19,24,25). The Balaban J connectivity index is 1.92. The van der Waals surface area contributed by atoms with Crippen molar-refractivity contribution in [2.75, 3.05) is 5.32 Å². The third-order valence-electron chi connectivity index (χ3n) is 4.17. The molecule has 25 heavy (non-hydrogen) atoms. The number of hydrogen-bond acceptors (Lipinski definition) is 5. The van der Waals surface area contributed by atoms with Gasteiger partial charge >= 0.3 is 0 Å². The fourth-order valence-corrected chi connectivity index (χ4v) is 3.51.